The van der Waals surface area contributed by atoms with Crippen LogP contribution in [-0.2, 0) is 11.3 Å². The Morgan fingerprint density at radius 3 is 2.88 bits per heavy atom. The van der Waals surface area contributed by atoms with Crippen LogP contribution in [0.2, 0.25) is 0 Å². The molecule has 3 rings (SSSR count). The molecule has 25 heavy (non-hydrogen) atoms. The second-order valence-corrected chi connectivity index (χ2v) is 7.25. The third kappa shape index (κ3) is 4.11. The number of likely N-dealkylation sites (N-methyl/N-ethyl adjacent to an activating group) is 1. The van der Waals surface area contributed by atoms with Crippen LogP contribution >= 0.6 is 11.3 Å². The summed E-state index contributed by atoms with van der Waals surface area (Å²) in [5.74, 6) is 0.477. The second kappa shape index (κ2) is 7.84. The van der Waals surface area contributed by atoms with Crippen molar-refractivity contribution < 1.29 is 14.0 Å². The van der Waals surface area contributed by atoms with Gasteiger partial charge in [0.1, 0.15) is 5.76 Å². The van der Waals surface area contributed by atoms with Gasteiger partial charge in [-0.25, -0.2) is 0 Å². The van der Waals surface area contributed by atoms with E-state index >= 15 is 0 Å². The minimum atomic E-state index is -0.224. The van der Waals surface area contributed by atoms with E-state index in [2.05, 4.69) is 21.6 Å². The van der Waals surface area contributed by atoms with Crippen LogP contribution in [-0.4, -0.2) is 41.9 Å². The predicted octanol–water partition coefficient (Wildman–Crippen LogP) is 2.16. The number of likely N-dealkylation sites (tertiary alicyclic amines) is 1. The van der Waals surface area contributed by atoms with Gasteiger partial charge in [0.25, 0.3) is 5.91 Å². The first-order valence-corrected chi connectivity index (χ1v) is 9.35. The molecule has 0 aromatic carbocycles. The number of hydrogen-bond donors (Lipinski definition) is 2. The molecule has 0 spiro atoms. The molecule has 1 aliphatic rings. The molecule has 0 unspecified atom stereocenters. The zero-order chi connectivity index (χ0) is 17.8. The maximum absolute atomic E-state index is 12.4. The molecule has 2 atom stereocenters. The summed E-state index contributed by atoms with van der Waals surface area (Å²) in [4.78, 5) is 28.2. The summed E-state index contributed by atoms with van der Waals surface area (Å²) in [5, 5.41) is 7.98. The molecule has 2 aromatic rings. The van der Waals surface area contributed by atoms with Gasteiger partial charge < -0.3 is 15.1 Å². The molecular weight excluding hydrogens is 338 g/mol. The van der Waals surface area contributed by atoms with E-state index in [1.807, 2.05) is 18.4 Å². The Kier molecular flexibility index (Phi) is 5.55. The van der Waals surface area contributed by atoms with Gasteiger partial charge in [0.05, 0.1) is 17.9 Å². The molecule has 7 heteroatoms. The van der Waals surface area contributed by atoms with E-state index in [-0.39, 0.29) is 23.9 Å². The van der Waals surface area contributed by atoms with E-state index in [1.165, 1.54) is 11.1 Å². The number of nitrogens with zero attached hydrogens (tertiary/aromatic N) is 1. The molecule has 0 bridgehead atoms. The molecule has 2 aromatic heterocycles. The molecule has 2 N–H and O–H groups in total. The van der Waals surface area contributed by atoms with Crippen molar-refractivity contribution in [3.63, 3.8) is 0 Å². The lowest BCUT2D eigenvalue weighted by atomic mass is 10.1. The minimum Gasteiger partial charge on any atom is -0.469 e. The average molecular weight is 361 g/mol. The Labute approximate surface area is 151 Å². The summed E-state index contributed by atoms with van der Waals surface area (Å²) >= 11 is 1.68. The Hall–Kier alpha value is -2.12. The molecule has 1 saturated heterocycles. The molecule has 0 radical (unpaired) electrons. The number of furan rings is 1. The van der Waals surface area contributed by atoms with Gasteiger partial charge in [-0.15, -0.1) is 11.3 Å². The molecule has 0 saturated carbocycles. The first kappa shape index (κ1) is 17.7. The Balaban J connectivity index is 1.68. The highest BCUT2D eigenvalue weighted by atomic mass is 32.1. The SMILES string of the molecule is CCNC(=O)[C@@H]1C[C@@H](NC(=O)c2ccoc2C)CN1Cc1cccs1. The van der Waals surface area contributed by atoms with Crippen LogP contribution in [0, 0.1) is 6.92 Å². The van der Waals surface area contributed by atoms with Crippen LogP contribution in [0.1, 0.15) is 34.3 Å². The van der Waals surface area contributed by atoms with Gasteiger partial charge in [0, 0.05) is 30.6 Å². The number of carbonyl (C=O) groups is 2. The van der Waals surface area contributed by atoms with E-state index in [1.54, 1.807) is 24.3 Å². The highest BCUT2D eigenvalue weighted by molar-refractivity contribution is 7.09. The Morgan fingerprint density at radius 2 is 2.24 bits per heavy atom. The quantitative estimate of drug-likeness (QED) is 0.827. The fourth-order valence-corrected chi connectivity index (χ4v) is 3.96. The fraction of sp³-hybridized carbons (Fsp3) is 0.444. The Morgan fingerprint density at radius 1 is 1.40 bits per heavy atom. The number of carbonyl (C=O) groups excluding carboxylic acids is 2. The van der Waals surface area contributed by atoms with Gasteiger partial charge in [-0.1, -0.05) is 6.07 Å². The van der Waals surface area contributed by atoms with Crippen molar-refractivity contribution in [1.82, 2.24) is 15.5 Å². The van der Waals surface area contributed by atoms with Crippen molar-refractivity contribution in [2.75, 3.05) is 13.1 Å². The first-order chi connectivity index (χ1) is 12.1. The van der Waals surface area contributed by atoms with Crippen molar-refractivity contribution in [1.29, 1.82) is 0 Å². The van der Waals surface area contributed by atoms with E-state index in [0.717, 1.165) is 6.54 Å². The average Bonchev–Trinajstić information content (AvgIpc) is 3.29. The first-order valence-electron chi connectivity index (χ1n) is 8.47. The van der Waals surface area contributed by atoms with Gasteiger partial charge in [0.2, 0.25) is 5.91 Å². The molecule has 1 aliphatic heterocycles. The second-order valence-electron chi connectivity index (χ2n) is 6.22. The fourth-order valence-electron chi connectivity index (χ4n) is 3.23. The van der Waals surface area contributed by atoms with E-state index in [0.29, 0.717) is 30.8 Å². The maximum atomic E-state index is 12.4. The van der Waals surface area contributed by atoms with Crippen LogP contribution in [0.25, 0.3) is 0 Å². The van der Waals surface area contributed by atoms with Crippen LogP contribution < -0.4 is 10.6 Å². The largest absolute Gasteiger partial charge is 0.469 e. The van der Waals surface area contributed by atoms with E-state index in [4.69, 9.17) is 4.42 Å². The number of aryl methyl sites for hydroxylation is 1. The van der Waals surface area contributed by atoms with Crippen molar-refractivity contribution in [2.45, 2.75) is 38.9 Å². The lowest BCUT2D eigenvalue weighted by Crippen LogP contribution is -2.42. The summed E-state index contributed by atoms with van der Waals surface area (Å²) in [5.41, 5.74) is 0.547. The minimum absolute atomic E-state index is 0.0234. The molecule has 134 valence electrons. The predicted molar refractivity (Wildman–Crippen MR) is 96.5 cm³/mol. The third-order valence-corrected chi connectivity index (χ3v) is 5.30. The lowest BCUT2D eigenvalue weighted by molar-refractivity contribution is -0.125. The smallest absolute Gasteiger partial charge is 0.255 e. The van der Waals surface area contributed by atoms with Crippen molar-refractivity contribution in [2.24, 2.45) is 0 Å². The molecule has 3 heterocycles. The van der Waals surface area contributed by atoms with Crippen LogP contribution in [0.3, 0.4) is 0 Å². The van der Waals surface area contributed by atoms with Crippen molar-refractivity contribution >= 4 is 23.2 Å². The topological polar surface area (TPSA) is 74.6 Å². The summed E-state index contributed by atoms with van der Waals surface area (Å²) in [6.07, 6.45) is 2.12. The molecule has 1 fully saturated rings. The Bertz CT molecular complexity index is 726. The van der Waals surface area contributed by atoms with Crippen molar-refractivity contribution in [3.8, 4) is 0 Å². The van der Waals surface area contributed by atoms with Gasteiger partial charge >= 0.3 is 0 Å². The normalized spacial score (nSPS) is 20.6. The monoisotopic (exact) mass is 361 g/mol. The summed E-state index contributed by atoms with van der Waals surface area (Å²) < 4.78 is 5.20. The number of rotatable bonds is 6. The highest BCUT2D eigenvalue weighted by Gasteiger charge is 2.37. The van der Waals surface area contributed by atoms with Crippen molar-refractivity contribution in [3.05, 3.63) is 46.0 Å². The van der Waals surface area contributed by atoms with E-state index < -0.39 is 0 Å². The zero-order valence-corrected chi connectivity index (χ0v) is 15.3. The van der Waals surface area contributed by atoms with Crippen LogP contribution in [0.15, 0.2) is 34.3 Å². The van der Waals surface area contributed by atoms with Crippen LogP contribution in [0.4, 0.5) is 0 Å². The number of nitrogens with one attached hydrogen (secondary N) is 2. The van der Waals surface area contributed by atoms with Gasteiger partial charge in [-0.3, -0.25) is 14.5 Å². The molecular formula is C18H23N3O3S. The summed E-state index contributed by atoms with van der Waals surface area (Å²) in [7, 11) is 0. The number of amides is 2. The molecule has 6 nitrogen and oxygen atoms in total. The maximum Gasteiger partial charge on any atom is 0.255 e. The third-order valence-electron chi connectivity index (χ3n) is 4.43. The number of thiophene rings is 1. The zero-order valence-electron chi connectivity index (χ0n) is 14.5. The van der Waals surface area contributed by atoms with Gasteiger partial charge in [-0.05, 0) is 37.8 Å². The highest BCUT2D eigenvalue weighted by Crippen LogP contribution is 2.23. The van der Waals surface area contributed by atoms with Crippen LogP contribution in [0.5, 0.6) is 0 Å². The van der Waals surface area contributed by atoms with E-state index in [9.17, 15) is 9.59 Å². The van der Waals surface area contributed by atoms with Gasteiger partial charge in [0.15, 0.2) is 0 Å². The summed E-state index contributed by atoms with van der Waals surface area (Å²) in [6, 6.07) is 5.47. The molecule has 2 amide bonds. The standard InChI is InChI=1S/C18H23N3O3S/c1-3-19-18(23)16-9-13(10-21(16)11-14-5-4-8-25-14)20-17(22)15-6-7-24-12(15)2/h4-8,13,16H,3,9-11H2,1-2H3,(H,19,23)(H,20,22)/t13-,16+/m1/s1. The lowest BCUT2D eigenvalue weighted by Gasteiger charge is -2.22. The summed E-state index contributed by atoms with van der Waals surface area (Å²) in [6.45, 7) is 5.66. The van der Waals surface area contributed by atoms with Gasteiger partial charge in [-0.2, -0.15) is 0 Å². The number of hydrogen-bond acceptors (Lipinski definition) is 5. The molecule has 0 aliphatic carbocycles.